The molecule has 0 bridgehead atoms. The van der Waals surface area contributed by atoms with E-state index in [1.54, 1.807) is 18.0 Å². The third-order valence-electron chi connectivity index (χ3n) is 3.38. The largest absolute Gasteiger partial charge is 0.321 e. The number of thioether (sulfide) groups is 1. The lowest BCUT2D eigenvalue weighted by Crippen LogP contribution is -2.13. The first-order chi connectivity index (χ1) is 11.2. The number of aromatic nitrogens is 2. The van der Waals surface area contributed by atoms with E-state index in [1.807, 2.05) is 49.4 Å². The molecule has 0 saturated carbocycles. The summed E-state index contributed by atoms with van der Waals surface area (Å²) in [6, 6.07) is 17.9. The molecule has 0 aliphatic heterocycles. The molecule has 0 atom stereocenters. The van der Waals surface area contributed by atoms with Gasteiger partial charge in [-0.1, -0.05) is 48.0 Å². The number of H-pyrrole nitrogens is 1. The summed E-state index contributed by atoms with van der Waals surface area (Å²) in [5.74, 6) is 0.618. The smallest absolute Gasteiger partial charge is 0.274 e. The molecule has 2 N–H and O–H groups in total. The van der Waals surface area contributed by atoms with E-state index in [2.05, 4.69) is 27.6 Å². The van der Waals surface area contributed by atoms with Gasteiger partial charge in [0.1, 0.15) is 5.69 Å². The van der Waals surface area contributed by atoms with E-state index in [0.29, 0.717) is 5.69 Å². The predicted molar refractivity (Wildman–Crippen MR) is 93.7 cm³/mol. The van der Waals surface area contributed by atoms with Gasteiger partial charge in [0.2, 0.25) is 0 Å². The summed E-state index contributed by atoms with van der Waals surface area (Å²) in [4.78, 5) is 13.2. The highest BCUT2D eigenvalue weighted by Gasteiger charge is 2.14. The first kappa shape index (κ1) is 15.4. The molecule has 3 rings (SSSR count). The van der Waals surface area contributed by atoms with Crippen molar-refractivity contribution in [2.24, 2.45) is 0 Å². The van der Waals surface area contributed by atoms with Crippen molar-refractivity contribution in [3.8, 4) is 0 Å². The fraction of sp³-hybridized carbons (Fsp3) is 0.111. The van der Waals surface area contributed by atoms with Gasteiger partial charge in [-0.25, -0.2) is 0 Å². The maximum atomic E-state index is 12.4. The first-order valence-electron chi connectivity index (χ1n) is 7.30. The van der Waals surface area contributed by atoms with Gasteiger partial charge in [0.25, 0.3) is 5.91 Å². The SMILES string of the molecule is Cc1ccc(NC(=O)c2[nH]ncc2SCc2ccccc2)cc1. The van der Waals surface area contributed by atoms with E-state index >= 15 is 0 Å². The van der Waals surface area contributed by atoms with Crippen LogP contribution in [0.5, 0.6) is 0 Å². The zero-order chi connectivity index (χ0) is 16.1. The van der Waals surface area contributed by atoms with Crippen LogP contribution in [0.4, 0.5) is 5.69 Å². The Hall–Kier alpha value is -2.53. The summed E-state index contributed by atoms with van der Waals surface area (Å²) >= 11 is 1.59. The summed E-state index contributed by atoms with van der Waals surface area (Å²) < 4.78 is 0. The lowest BCUT2D eigenvalue weighted by atomic mass is 10.2. The Morgan fingerprint density at radius 3 is 2.61 bits per heavy atom. The predicted octanol–water partition coefficient (Wildman–Crippen LogP) is 4.26. The quantitative estimate of drug-likeness (QED) is 0.690. The molecule has 0 saturated heterocycles. The molecule has 1 aromatic heterocycles. The molecular weight excluding hydrogens is 306 g/mol. The second-order valence-corrected chi connectivity index (χ2v) is 6.22. The zero-order valence-electron chi connectivity index (χ0n) is 12.7. The molecule has 2 aromatic carbocycles. The highest BCUT2D eigenvalue weighted by Crippen LogP contribution is 2.25. The number of nitrogens with one attached hydrogen (secondary N) is 2. The molecule has 0 aliphatic rings. The Balaban J connectivity index is 1.67. The molecule has 0 fully saturated rings. The monoisotopic (exact) mass is 323 g/mol. The van der Waals surface area contributed by atoms with Crippen molar-refractivity contribution < 1.29 is 4.79 Å². The van der Waals surface area contributed by atoms with Gasteiger partial charge in [0.15, 0.2) is 0 Å². The normalized spacial score (nSPS) is 10.5. The van der Waals surface area contributed by atoms with Crippen molar-refractivity contribution >= 4 is 23.4 Å². The molecule has 0 spiro atoms. The lowest BCUT2D eigenvalue weighted by Gasteiger charge is -2.06. The molecule has 5 heteroatoms. The van der Waals surface area contributed by atoms with Crippen LogP contribution in [0.25, 0.3) is 0 Å². The summed E-state index contributed by atoms with van der Waals surface area (Å²) in [5, 5.41) is 9.68. The van der Waals surface area contributed by atoms with Gasteiger partial charge in [-0.15, -0.1) is 11.8 Å². The minimum atomic E-state index is -0.179. The van der Waals surface area contributed by atoms with Crippen molar-refractivity contribution in [1.29, 1.82) is 0 Å². The Bertz CT molecular complexity index is 782. The number of anilines is 1. The third kappa shape index (κ3) is 4.02. The van der Waals surface area contributed by atoms with Crippen LogP contribution < -0.4 is 5.32 Å². The maximum absolute atomic E-state index is 12.4. The Morgan fingerprint density at radius 1 is 1.13 bits per heavy atom. The fourth-order valence-electron chi connectivity index (χ4n) is 2.11. The molecule has 4 nitrogen and oxygen atoms in total. The first-order valence-corrected chi connectivity index (χ1v) is 8.29. The van der Waals surface area contributed by atoms with Gasteiger partial charge in [-0.3, -0.25) is 9.89 Å². The van der Waals surface area contributed by atoms with Gasteiger partial charge in [0, 0.05) is 11.4 Å². The van der Waals surface area contributed by atoms with E-state index in [4.69, 9.17) is 0 Å². The van der Waals surface area contributed by atoms with Crippen LogP contribution in [0, 0.1) is 6.92 Å². The third-order valence-corrected chi connectivity index (χ3v) is 4.48. The van der Waals surface area contributed by atoms with Gasteiger partial charge in [-0.05, 0) is 24.6 Å². The molecule has 3 aromatic rings. The van der Waals surface area contributed by atoms with Crippen LogP contribution in [0.15, 0.2) is 65.7 Å². The molecule has 0 unspecified atom stereocenters. The Morgan fingerprint density at radius 2 is 1.87 bits per heavy atom. The van der Waals surface area contributed by atoms with Crippen LogP contribution in [0.3, 0.4) is 0 Å². The number of aryl methyl sites for hydroxylation is 1. The number of carbonyl (C=O) groups excluding carboxylic acids is 1. The van der Waals surface area contributed by atoms with Crippen molar-refractivity contribution in [2.75, 3.05) is 5.32 Å². The number of hydrogen-bond acceptors (Lipinski definition) is 3. The van der Waals surface area contributed by atoms with E-state index in [-0.39, 0.29) is 5.91 Å². The second-order valence-electron chi connectivity index (χ2n) is 5.20. The Kier molecular flexibility index (Phi) is 4.78. The molecule has 1 heterocycles. The number of amides is 1. The molecule has 1 amide bonds. The van der Waals surface area contributed by atoms with Crippen molar-refractivity contribution in [1.82, 2.24) is 10.2 Å². The average Bonchev–Trinajstić information content (AvgIpc) is 3.05. The summed E-state index contributed by atoms with van der Waals surface area (Å²) in [7, 11) is 0. The lowest BCUT2D eigenvalue weighted by molar-refractivity contribution is 0.101. The van der Waals surface area contributed by atoms with Crippen molar-refractivity contribution in [3.05, 3.63) is 77.6 Å². The molecular formula is C18H17N3OS. The Labute approximate surface area is 139 Å². The number of benzene rings is 2. The fourth-order valence-corrected chi connectivity index (χ4v) is 3.04. The minimum Gasteiger partial charge on any atom is -0.321 e. The van der Waals surface area contributed by atoms with E-state index in [9.17, 15) is 4.79 Å². The number of carbonyl (C=O) groups is 1. The maximum Gasteiger partial charge on any atom is 0.274 e. The highest BCUT2D eigenvalue weighted by atomic mass is 32.2. The topological polar surface area (TPSA) is 57.8 Å². The van der Waals surface area contributed by atoms with Gasteiger partial charge >= 0.3 is 0 Å². The molecule has 23 heavy (non-hydrogen) atoms. The van der Waals surface area contributed by atoms with Crippen molar-refractivity contribution in [3.63, 3.8) is 0 Å². The summed E-state index contributed by atoms with van der Waals surface area (Å²) in [6.07, 6.45) is 1.69. The van der Waals surface area contributed by atoms with E-state index in [1.165, 1.54) is 5.56 Å². The van der Waals surface area contributed by atoms with E-state index in [0.717, 1.165) is 21.9 Å². The number of hydrogen-bond donors (Lipinski definition) is 2. The van der Waals surface area contributed by atoms with E-state index < -0.39 is 0 Å². The van der Waals surface area contributed by atoms with Crippen molar-refractivity contribution in [2.45, 2.75) is 17.6 Å². The van der Waals surface area contributed by atoms with Crippen LogP contribution in [0.2, 0.25) is 0 Å². The number of aromatic amines is 1. The van der Waals surface area contributed by atoms with Gasteiger partial charge in [-0.2, -0.15) is 5.10 Å². The molecule has 0 radical (unpaired) electrons. The standard InChI is InChI=1S/C18H17N3OS/c1-13-7-9-15(10-8-13)20-18(22)17-16(11-19-21-17)23-12-14-5-3-2-4-6-14/h2-11H,12H2,1H3,(H,19,21)(H,20,22). The van der Waals surface area contributed by atoms with Crippen LogP contribution >= 0.6 is 11.8 Å². The van der Waals surface area contributed by atoms with Gasteiger partial charge < -0.3 is 5.32 Å². The summed E-state index contributed by atoms with van der Waals surface area (Å²) in [6.45, 7) is 2.01. The van der Waals surface area contributed by atoms with Crippen LogP contribution in [-0.2, 0) is 5.75 Å². The van der Waals surface area contributed by atoms with Crippen LogP contribution in [0.1, 0.15) is 21.6 Å². The molecule has 0 aliphatic carbocycles. The number of rotatable bonds is 5. The molecule has 116 valence electrons. The minimum absolute atomic E-state index is 0.179. The second kappa shape index (κ2) is 7.15. The van der Waals surface area contributed by atoms with Gasteiger partial charge in [0.05, 0.1) is 11.1 Å². The summed E-state index contributed by atoms with van der Waals surface area (Å²) in [5.41, 5.74) is 3.63. The average molecular weight is 323 g/mol. The van der Waals surface area contributed by atoms with Crippen LogP contribution in [-0.4, -0.2) is 16.1 Å². The number of nitrogens with zero attached hydrogens (tertiary/aromatic N) is 1. The highest BCUT2D eigenvalue weighted by molar-refractivity contribution is 7.98. The zero-order valence-corrected chi connectivity index (χ0v) is 13.6.